The first kappa shape index (κ1) is 20.3. The zero-order valence-electron chi connectivity index (χ0n) is 16.7. The second kappa shape index (κ2) is 8.79. The van der Waals surface area contributed by atoms with E-state index in [9.17, 15) is 4.79 Å². The molecule has 0 radical (unpaired) electrons. The molecule has 1 aliphatic heterocycles. The fourth-order valence-corrected chi connectivity index (χ4v) is 3.86. The summed E-state index contributed by atoms with van der Waals surface area (Å²) in [5, 5.41) is 0. The molecule has 1 aromatic carbocycles. The Bertz CT molecular complexity index is 1100. The van der Waals surface area contributed by atoms with E-state index in [-0.39, 0.29) is 19.3 Å². The van der Waals surface area contributed by atoms with Crippen molar-refractivity contribution in [3.63, 3.8) is 0 Å². The normalized spacial score (nSPS) is 14.9. The number of hydrogen-bond donors (Lipinski definition) is 0. The summed E-state index contributed by atoms with van der Waals surface area (Å²) < 4.78 is 13.1. The Labute approximate surface area is 182 Å². The lowest BCUT2D eigenvalue weighted by Gasteiger charge is -2.14. The van der Waals surface area contributed by atoms with E-state index < -0.39 is 6.16 Å². The van der Waals surface area contributed by atoms with Crippen LogP contribution in [0.5, 0.6) is 0 Å². The Morgan fingerprint density at radius 2 is 2.07 bits per heavy atom. The topological polar surface area (TPSA) is 78.6 Å². The number of pyridine rings is 1. The van der Waals surface area contributed by atoms with Gasteiger partial charge in [0.1, 0.15) is 11.9 Å². The van der Waals surface area contributed by atoms with Gasteiger partial charge in [-0.1, -0.05) is 22.0 Å². The van der Waals surface area contributed by atoms with Gasteiger partial charge < -0.3 is 9.47 Å². The molecule has 3 heterocycles. The summed E-state index contributed by atoms with van der Waals surface area (Å²) in [6, 6.07) is 11.5. The Kier molecular flexibility index (Phi) is 5.94. The minimum atomic E-state index is -0.674. The molecule has 0 saturated carbocycles. The van der Waals surface area contributed by atoms with E-state index in [1.54, 1.807) is 13.1 Å². The van der Waals surface area contributed by atoms with Crippen LogP contribution in [0.25, 0.3) is 5.69 Å². The van der Waals surface area contributed by atoms with E-state index in [0.29, 0.717) is 6.42 Å². The number of rotatable bonds is 5. The summed E-state index contributed by atoms with van der Waals surface area (Å²) in [5.41, 5.74) is 4.50. The van der Waals surface area contributed by atoms with Crippen molar-refractivity contribution in [1.82, 2.24) is 14.5 Å². The summed E-state index contributed by atoms with van der Waals surface area (Å²) in [6.07, 6.45) is 3.39. The van der Waals surface area contributed by atoms with Crippen LogP contribution < -0.4 is 0 Å². The molecule has 1 aliphatic rings. The standard InChI is InChI=1S/C22H21BrN4O3/c1-3-29-22(28)30-11-9-18-21-25-13-14(2)27(21)19-8-7-15(23)12-16(19)20(26-18)17-6-4-5-10-24-17/h4-8,10,12-13,18H,3,9,11H2,1-2H3/t18-/m0/s1. The molecule has 0 saturated heterocycles. The van der Waals surface area contributed by atoms with Gasteiger partial charge in [-0.2, -0.15) is 0 Å². The second-order valence-electron chi connectivity index (χ2n) is 6.78. The number of halogens is 1. The van der Waals surface area contributed by atoms with Gasteiger partial charge in [0.05, 0.1) is 30.3 Å². The van der Waals surface area contributed by atoms with Crippen LogP contribution >= 0.6 is 15.9 Å². The van der Waals surface area contributed by atoms with Crippen LogP contribution in [0.2, 0.25) is 0 Å². The molecule has 2 aromatic heterocycles. The third-order valence-electron chi connectivity index (χ3n) is 4.78. The molecular weight excluding hydrogens is 448 g/mol. The molecule has 0 bridgehead atoms. The summed E-state index contributed by atoms with van der Waals surface area (Å²) in [4.78, 5) is 25.8. The van der Waals surface area contributed by atoms with Gasteiger partial charge in [0.2, 0.25) is 0 Å². The van der Waals surface area contributed by atoms with Crippen LogP contribution in [0.1, 0.15) is 42.2 Å². The number of fused-ring (bicyclic) bond motifs is 3. The first-order chi connectivity index (χ1) is 14.6. The molecule has 0 amide bonds. The van der Waals surface area contributed by atoms with E-state index in [2.05, 4.69) is 30.5 Å². The van der Waals surface area contributed by atoms with Gasteiger partial charge in [0.25, 0.3) is 0 Å². The molecule has 0 spiro atoms. The van der Waals surface area contributed by atoms with Crippen molar-refractivity contribution in [1.29, 1.82) is 0 Å². The Hall–Kier alpha value is -3.00. The monoisotopic (exact) mass is 468 g/mol. The van der Waals surface area contributed by atoms with Gasteiger partial charge >= 0.3 is 6.16 Å². The Balaban J connectivity index is 1.80. The van der Waals surface area contributed by atoms with Gasteiger partial charge in [-0.15, -0.1) is 0 Å². The highest BCUT2D eigenvalue weighted by Crippen LogP contribution is 2.34. The molecule has 0 unspecified atom stereocenters. The molecule has 1 atom stereocenters. The van der Waals surface area contributed by atoms with Gasteiger partial charge in [-0.25, -0.2) is 9.78 Å². The maximum absolute atomic E-state index is 11.6. The molecule has 0 aliphatic carbocycles. The number of ether oxygens (including phenoxy) is 2. The van der Waals surface area contributed by atoms with Crippen molar-refractivity contribution in [3.8, 4) is 5.69 Å². The number of aromatic nitrogens is 3. The van der Waals surface area contributed by atoms with Crippen molar-refractivity contribution in [3.05, 3.63) is 76.0 Å². The third-order valence-corrected chi connectivity index (χ3v) is 5.28. The first-order valence-electron chi connectivity index (χ1n) is 9.71. The Morgan fingerprint density at radius 3 is 2.83 bits per heavy atom. The number of nitrogens with zero attached hydrogens (tertiary/aromatic N) is 4. The van der Waals surface area contributed by atoms with Gasteiger partial charge in [0, 0.05) is 34.5 Å². The highest BCUT2D eigenvalue weighted by atomic mass is 79.9. The molecule has 30 heavy (non-hydrogen) atoms. The number of carbonyl (C=O) groups excluding carboxylic acids is 1. The molecule has 4 rings (SSSR count). The van der Waals surface area contributed by atoms with Gasteiger partial charge in [-0.05, 0) is 44.2 Å². The van der Waals surface area contributed by atoms with E-state index in [0.717, 1.165) is 38.6 Å². The molecule has 0 fully saturated rings. The quantitative estimate of drug-likeness (QED) is 0.502. The average Bonchev–Trinajstić information content (AvgIpc) is 3.06. The molecule has 154 valence electrons. The summed E-state index contributed by atoms with van der Waals surface area (Å²) >= 11 is 3.58. The lowest BCUT2D eigenvalue weighted by molar-refractivity contribution is 0.0569. The number of aryl methyl sites for hydroxylation is 1. The summed E-state index contributed by atoms with van der Waals surface area (Å²) in [5.74, 6) is 0.800. The van der Waals surface area contributed by atoms with Crippen molar-refractivity contribution < 1.29 is 14.3 Å². The zero-order valence-corrected chi connectivity index (χ0v) is 18.3. The SMILES string of the molecule is CCOC(=O)OCC[C@@H]1N=C(c2ccccn2)c2cc(Br)ccc2-n2c(C)cnc21. The highest BCUT2D eigenvalue weighted by Gasteiger charge is 2.28. The minimum absolute atomic E-state index is 0.175. The third kappa shape index (κ3) is 4.00. The van der Waals surface area contributed by atoms with E-state index >= 15 is 0 Å². The summed E-state index contributed by atoms with van der Waals surface area (Å²) in [6.45, 7) is 4.21. The van der Waals surface area contributed by atoms with Crippen molar-refractivity contribution in [2.75, 3.05) is 13.2 Å². The van der Waals surface area contributed by atoms with Crippen LogP contribution in [0.3, 0.4) is 0 Å². The maximum Gasteiger partial charge on any atom is 0.508 e. The van der Waals surface area contributed by atoms with Crippen molar-refractivity contribution in [2.24, 2.45) is 4.99 Å². The minimum Gasteiger partial charge on any atom is -0.435 e. The largest absolute Gasteiger partial charge is 0.508 e. The maximum atomic E-state index is 11.6. The molecule has 0 N–H and O–H groups in total. The van der Waals surface area contributed by atoms with Crippen LogP contribution in [0.15, 0.2) is 58.3 Å². The van der Waals surface area contributed by atoms with Crippen LogP contribution in [-0.2, 0) is 9.47 Å². The van der Waals surface area contributed by atoms with E-state index in [1.807, 2.05) is 49.5 Å². The van der Waals surface area contributed by atoms with Crippen LogP contribution in [-0.4, -0.2) is 39.6 Å². The first-order valence-corrected chi connectivity index (χ1v) is 10.5. The number of aliphatic imine (C=N–C) groups is 1. The fraction of sp³-hybridized carbons (Fsp3) is 0.273. The van der Waals surface area contributed by atoms with Crippen molar-refractivity contribution in [2.45, 2.75) is 26.3 Å². The van der Waals surface area contributed by atoms with Crippen LogP contribution in [0.4, 0.5) is 4.79 Å². The molecule has 8 heteroatoms. The lowest BCUT2D eigenvalue weighted by Crippen LogP contribution is -2.12. The van der Waals surface area contributed by atoms with Crippen LogP contribution in [0, 0.1) is 6.92 Å². The molecule has 3 aromatic rings. The zero-order chi connectivity index (χ0) is 21.1. The van der Waals surface area contributed by atoms with E-state index in [1.165, 1.54) is 0 Å². The predicted molar refractivity (Wildman–Crippen MR) is 116 cm³/mol. The Morgan fingerprint density at radius 1 is 1.20 bits per heavy atom. The number of benzene rings is 1. The van der Waals surface area contributed by atoms with E-state index in [4.69, 9.17) is 14.5 Å². The number of hydrogen-bond acceptors (Lipinski definition) is 6. The average molecular weight is 469 g/mol. The fourth-order valence-electron chi connectivity index (χ4n) is 3.49. The smallest absolute Gasteiger partial charge is 0.435 e. The number of carbonyl (C=O) groups is 1. The highest BCUT2D eigenvalue weighted by molar-refractivity contribution is 9.10. The molecule has 7 nitrogen and oxygen atoms in total. The summed E-state index contributed by atoms with van der Waals surface area (Å²) in [7, 11) is 0. The lowest BCUT2D eigenvalue weighted by atomic mass is 10.0. The number of imidazole rings is 1. The van der Waals surface area contributed by atoms with Gasteiger partial charge in [-0.3, -0.25) is 14.5 Å². The van der Waals surface area contributed by atoms with Gasteiger partial charge in [0.15, 0.2) is 0 Å². The second-order valence-corrected chi connectivity index (χ2v) is 7.70. The van der Waals surface area contributed by atoms with Crippen molar-refractivity contribution >= 4 is 27.8 Å². The predicted octanol–water partition coefficient (Wildman–Crippen LogP) is 4.79. The molecular formula is C22H21BrN4O3.